The maximum absolute atomic E-state index is 12.2. The fraction of sp³-hybridized carbons (Fsp3) is 0.857. The average Bonchev–Trinajstić information content (AvgIpc) is 2.78. The highest BCUT2D eigenvalue weighted by Crippen LogP contribution is 2.32. The van der Waals surface area contributed by atoms with E-state index in [-0.39, 0.29) is 11.9 Å². The molecule has 0 aromatic carbocycles. The minimum Gasteiger partial charge on any atom is -0.481 e. The predicted octanol–water partition coefficient (Wildman–Crippen LogP) is 1.30. The fourth-order valence-corrected chi connectivity index (χ4v) is 3.32. The highest BCUT2D eigenvalue weighted by molar-refractivity contribution is 5.85. The number of carboxylic acids is 1. The number of hydrogen-bond acceptors (Lipinski definition) is 3. The van der Waals surface area contributed by atoms with Crippen molar-refractivity contribution in [2.75, 3.05) is 0 Å². The molecule has 0 saturated heterocycles. The van der Waals surface area contributed by atoms with Gasteiger partial charge in [-0.15, -0.1) is 0 Å². The van der Waals surface area contributed by atoms with Crippen LogP contribution in [0.4, 0.5) is 0 Å². The van der Waals surface area contributed by atoms with Gasteiger partial charge in [-0.05, 0) is 25.7 Å². The van der Waals surface area contributed by atoms with Crippen molar-refractivity contribution in [3.05, 3.63) is 0 Å². The molecule has 108 valence electrons. The molecule has 0 heterocycles. The maximum Gasteiger partial charge on any atom is 0.307 e. The van der Waals surface area contributed by atoms with Crippen molar-refractivity contribution in [2.24, 2.45) is 11.8 Å². The first-order chi connectivity index (χ1) is 9.09. The highest BCUT2D eigenvalue weighted by atomic mass is 16.4. The van der Waals surface area contributed by atoms with Gasteiger partial charge in [0.25, 0.3) is 0 Å². The third-order valence-electron chi connectivity index (χ3n) is 4.48. The Morgan fingerprint density at radius 3 is 2.32 bits per heavy atom. The number of carbonyl (C=O) groups excluding carboxylic acids is 1. The molecule has 0 aliphatic heterocycles. The molecule has 19 heavy (non-hydrogen) atoms. The van der Waals surface area contributed by atoms with E-state index >= 15 is 0 Å². The van der Waals surface area contributed by atoms with Crippen LogP contribution < -0.4 is 5.32 Å². The zero-order chi connectivity index (χ0) is 13.8. The van der Waals surface area contributed by atoms with Crippen LogP contribution in [0.1, 0.15) is 51.4 Å². The van der Waals surface area contributed by atoms with Gasteiger partial charge >= 0.3 is 5.97 Å². The van der Waals surface area contributed by atoms with Crippen LogP contribution >= 0.6 is 0 Å². The Hall–Kier alpha value is -1.10. The largest absolute Gasteiger partial charge is 0.481 e. The second kappa shape index (κ2) is 6.37. The molecule has 0 aromatic heterocycles. The SMILES string of the molecule is O=C(O)[C@H]1CCC[C@H]1C(=O)NC1CCCCCC1O. The van der Waals surface area contributed by atoms with Gasteiger partial charge in [0.05, 0.1) is 24.0 Å². The fourth-order valence-electron chi connectivity index (χ4n) is 3.32. The van der Waals surface area contributed by atoms with Crippen LogP contribution in [-0.4, -0.2) is 34.2 Å². The number of hydrogen-bond donors (Lipinski definition) is 3. The molecule has 5 heteroatoms. The summed E-state index contributed by atoms with van der Waals surface area (Å²) in [5.41, 5.74) is 0. The molecular formula is C14H23NO4. The summed E-state index contributed by atoms with van der Waals surface area (Å²) < 4.78 is 0. The van der Waals surface area contributed by atoms with Crippen LogP contribution in [0.15, 0.2) is 0 Å². The van der Waals surface area contributed by atoms with E-state index in [1.807, 2.05) is 0 Å². The zero-order valence-electron chi connectivity index (χ0n) is 11.2. The van der Waals surface area contributed by atoms with E-state index in [0.29, 0.717) is 12.8 Å². The summed E-state index contributed by atoms with van der Waals surface area (Å²) in [5, 5.41) is 22.0. The van der Waals surface area contributed by atoms with Gasteiger partial charge in [-0.1, -0.05) is 25.7 Å². The second-order valence-corrected chi connectivity index (χ2v) is 5.80. The third-order valence-corrected chi connectivity index (χ3v) is 4.48. The first-order valence-electron chi connectivity index (χ1n) is 7.31. The molecule has 5 nitrogen and oxygen atoms in total. The first kappa shape index (κ1) is 14.3. The van der Waals surface area contributed by atoms with Gasteiger partial charge in [-0.2, -0.15) is 0 Å². The average molecular weight is 269 g/mol. The van der Waals surface area contributed by atoms with Crippen molar-refractivity contribution in [3.8, 4) is 0 Å². The van der Waals surface area contributed by atoms with Gasteiger partial charge in [0.2, 0.25) is 5.91 Å². The lowest BCUT2D eigenvalue weighted by Gasteiger charge is -2.24. The summed E-state index contributed by atoms with van der Waals surface area (Å²) in [7, 11) is 0. The zero-order valence-corrected chi connectivity index (χ0v) is 11.2. The molecule has 4 atom stereocenters. The lowest BCUT2D eigenvalue weighted by Crippen LogP contribution is -2.46. The van der Waals surface area contributed by atoms with Gasteiger partial charge < -0.3 is 15.5 Å². The summed E-state index contributed by atoms with van der Waals surface area (Å²) in [5.74, 6) is -2.04. The van der Waals surface area contributed by atoms with Gasteiger partial charge in [0.15, 0.2) is 0 Å². The lowest BCUT2D eigenvalue weighted by molar-refractivity contribution is -0.146. The van der Waals surface area contributed by atoms with Crippen LogP contribution in [0, 0.1) is 11.8 Å². The Kier molecular flexibility index (Phi) is 4.80. The summed E-state index contributed by atoms with van der Waals surface area (Å²) in [6, 6.07) is -0.204. The van der Waals surface area contributed by atoms with Crippen molar-refractivity contribution >= 4 is 11.9 Å². The topological polar surface area (TPSA) is 86.6 Å². The standard InChI is InChI=1S/C14H23NO4/c16-12-8-3-1-2-7-11(12)15-13(17)9-5-4-6-10(9)14(18)19/h9-12,16H,1-8H2,(H,15,17)(H,18,19)/t9-,10+,11?,12?/m1/s1. The highest BCUT2D eigenvalue weighted by Gasteiger charge is 2.38. The summed E-state index contributed by atoms with van der Waals surface area (Å²) in [4.78, 5) is 23.3. The number of carboxylic acid groups (broad SMARTS) is 1. The van der Waals surface area contributed by atoms with Crippen molar-refractivity contribution in [2.45, 2.75) is 63.5 Å². The molecule has 2 saturated carbocycles. The lowest BCUT2D eigenvalue weighted by atomic mass is 9.94. The van der Waals surface area contributed by atoms with E-state index in [1.54, 1.807) is 0 Å². The number of aliphatic hydroxyl groups is 1. The number of rotatable bonds is 3. The molecular weight excluding hydrogens is 246 g/mol. The Balaban J connectivity index is 1.94. The molecule has 2 aliphatic rings. The van der Waals surface area contributed by atoms with Gasteiger partial charge in [0.1, 0.15) is 0 Å². The molecule has 2 fully saturated rings. The summed E-state index contributed by atoms with van der Waals surface area (Å²) in [6.07, 6.45) is 6.13. The van der Waals surface area contributed by atoms with E-state index in [4.69, 9.17) is 5.11 Å². The number of aliphatic carboxylic acids is 1. The van der Waals surface area contributed by atoms with Crippen LogP contribution in [0.3, 0.4) is 0 Å². The molecule has 0 radical (unpaired) electrons. The van der Waals surface area contributed by atoms with Crippen LogP contribution in [0.2, 0.25) is 0 Å². The quantitative estimate of drug-likeness (QED) is 0.674. The summed E-state index contributed by atoms with van der Waals surface area (Å²) in [6.45, 7) is 0. The normalized spacial score (nSPS) is 35.6. The van der Waals surface area contributed by atoms with Gasteiger partial charge in [0, 0.05) is 0 Å². The minimum atomic E-state index is -0.876. The number of nitrogens with one attached hydrogen (secondary N) is 1. The molecule has 1 amide bonds. The van der Waals surface area contributed by atoms with E-state index in [9.17, 15) is 14.7 Å². The van der Waals surface area contributed by atoms with E-state index in [1.165, 1.54) is 0 Å². The Labute approximate surface area is 113 Å². The molecule has 2 rings (SSSR count). The van der Waals surface area contributed by atoms with Crippen LogP contribution in [0.25, 0.3) is 0 Å². The van der Waals surface area contributed by atoms with Gasteiger partial charge in [-0.3, -0.25) is 9.59 Å². The minimum absolute atomic E-state index is 0.184. The molecule has 0 aromatic rings. The molecule has 0 bridgehead atoms. The van der Waals surface area contributed by atoms with E-state index < -0.39 is 23.9 Å². The van der Waals surface area contributed by atoms with Crippen molar-refractivity contribution < 1.29 is 19.8 Å². The van der Waals surface area contributed by atoms with Gasteiger partial charge in [-0.25, -0.2) is 0 Å². The maximum atomic E-state index is 12.2. The Morgan fingerprint density at radius 2 is 1.58 bits per heavy atom. The predicted molar refractivity (Wildman–Crippen MR) is 69.5 cm³/mol. The second-order valence-electron chi connectivity index (χ2n) is 5.80. The van der Waals surface area contributed by atoms with E-state index in [2.05, 4.69) is 5.32 Å². The van der Waals surface area contributed by atoms with Crippen LogP contribution in [0.5, 0.6) is 0 Å². The molecule has 2 aliphatic carbocycles. The summed E-state index contributed by atoms with van der Waals surface area (Å²) >= 11 is 0. The number of amides is 1. The number of carbonyl (C=O) groups is 2. The Morgan fingerprint density at radius 1 is 0.895 bits per heavy atom. The van der Waals surface area contributed by atoms with Crippen LogP contribution in [-0.2, 0) is 9.59 Å². The van der Waals surface area contributed by atoms with E-state index in [0.717, 1.165) is 38.5 Å². The third kappa shape index (κ3) is 3.47. The van der Waals surface area contributed by atoms with Crippen molar-refractivity contribution in [3.63, 3.8) is 0 Å². The smallest absolute Gasteiger partial charge is 0.307 e. The Bertz CT molecular complexity index is 344. The van der Waals surface area contributed by atoms with Crippen molar-refractivity contribution in [1.29, 1.82) is 0 Å². The molecule has 0 spiro atoms. The monoisotopic (exact) mass is 269 g/mol. The molecule has 2 unspecified atom stereocenters. The first-order valence-corrected chi connectivity index (χ1v) is 7.31. The van der Waals surface area contributed by atoms with Crippen molar-refractivity contribution in [1.82, 2.24) is 5.32 Å². The molecule has 3 N–H and O–H groups in total. The number of aliphatic hydroxyl groups excluding tert-OH is 1.